The molecular formula is C27H26F4IN7O2. The summed E-state index contributed by atoms with van der Waals surface area (Å²) in [6.07, 6.45) is 1.36. The molecule has 14 heteroatoms. The average Bonchev–Trinajstić information content (AvgIpc) is 3.31. The summed E-state index contributed by atoms with van der Waals surface area (Å²) in [6, 6.07) is 6.19. The number of fused-ring (bicyclic) bond motifs is 1. The Balaban J connectivity index is 1.42. The van der Waals surface area contributed by atoms with Crippen LogP contribution in [0.5, 0.6) is 0 Å². The highest BCUT2D eigenvalue weighted by molar-refractivity contribution is 14.2. The molecule has 4 aromatic rings. The number of hydrogen-bond donors (Lipinski definition) is 3. The lowest BCUT2D eigenvalue weighted by Gasteiger charge is -2.26. The van der Waals surface area contributed by atoms with E-state index in [1.54, 1.807) is 11.4 Å². The molecule has 0 bridgehead atoms. The Morgan fingerprint density at radius 3 is 2.51 bits per heavy atom. The minimum absolute atomic E-state index is 0.185. The molecule has 1 fully saturated rings. The summed E-state index contributed by atoms with van der Waals surface area (Å²) < 4.78 is 64.9. The van der Waals surface area contributed by atoms with E-state index in [0.717, 1.165) is 37.0 Å². The van der Waals surface area contributed by atoms with Crippen molar-refractivity contribution in [1.82, 2.24) is 19.5 Å². The number of nitrogens with one attached hydrogen (secondary N) is 2. The van der Waals surface area contributed by atoms with E-state index in [9.17, 15) is 18.0 Å². The minimum Gasteiger partial charge on any atom is -0.382 e. The molecule has 0 aliphatic carbocycles. The van der Waals surface area contributed by atoms with Gasteiger partial charge in [0, 0.05) is 30.8 Å². The third-order valence-electron chi connectivity index (χ3n) is 6.71. The monoisotopic (exact) mass is 683 g/mol. The lowest BCUT2D eigenvalue weighted by molar-refractivity contribution is 0.0334. The lowest BCUT2D eigenvalue weighted by Crippen LogP contribution is -2.36. The lowest BCUT2D eigenvalue weighted by atomic mass is 10.00. The first kappa shape index (κ1) is 28.9. The molecule has 1 aliphatic heterocycles. The number of morpholine rings is 1. The second kappa shape index (κ2) is 11.7. The van der Waals surface area contributed by atoms with Gasteiger partial charge in [-0.3, -0.25) is 4.90 Å². The average molecular weight is 683 g/mol. The van der Waals surface area contributed by atoms with Gasteiger partial charge in [-0.2, -0.15) is 13.9 Å². The maximum Gasteiger partial charge on any atom is 0.323 e. The molecule has 216 valence electrons. The fraction of sp³-hybridized carbons (Fsp3) is 0.259. The zero-order chi connectivity index (χ0) is 29.3. The molecule has 5 rings (SSSR count). The van der Waals surface area contributed by atoms with E-state index in [1.807, 2.05) is 6.07 Å². The number of aromatic nitrogens is 3. The maximum absolute atomic E-state index is 15.3. The molecular weight excluding hydrogens is 657 g/mol. The maximum atomic E-state index is 15.3. The van der Waals surface area contributed by atoms with Gasteiger partial charge in [-0.05, 0) is 75.2 Å². The van der Waals surface area contributed by atoms with Gasteiger partial charge in [0.15, 0.2) is 5.82 Å². The van der Waals surface area contributed by atoms with Crippen molar-refractivity contribution in [3.63, 3.8) is 0 Å². The second-order valence-electron chi connectivity index (χ2n) is 9.40. The molecule has 9 nitrogen and oxygen atoms in total. The first-order chi connectivity index (χ1) is 19.6. The first-order valence-electron chi connectivity index (χ1n) is 12.4. The highest BCUT2D eigenvalue weighted by atomic mass is 127. The van der Waals surface area contributed by atoms with Crippen LogP contribution in [0, 0.1) is 18.6 Å². The van der Waals surface area contributed by atoms with Gasteiger partial charge in [-0.15, -0.1) is 0 Å². The number of carbonyl (C=O) groups is 1. The third kappa shape index (κ3) is 6.04. The van der Waals surface area contributed by atoms with Gasteiger partial charge in [0.05, 0.1) is 30.3 Å². The predicted octanol–water partition coefficient (Wildman–Crippen LogP) is 5.49. The summed E-state index contributed by atoms with van der Waals surface area (Å²) in [7, 11) is 0. The van der Waals surface area contributed by atoms with Crippen molar-refractivity contribution in [3.05, 3.63) is 71.2 Å². The standard InChI is InChI=1S/C27H26F4IN7O2/c1-15-9-22(36-26(40)37-23-10-16(3-4-20(23)28)27(30,31)32-2)21(29)12-18(15)19-11-17(13-38-5-7-41-8-6-38)39-24(19)25(33)34-14-35-39/h3-4,9-12,14H,2,5-8,13H2,1H3,(H2,33,34,35)(H2,36,37,40). The molecule has 0 saturated carbocycles. The number of ether oxygens (including phenoxy) is 1. The summed E-state index contributed by atoms with van der Waals surface area (Å²) in [5.41, 5.74) is 8.19. The number of nitrogens with two attached hydrogens (primary N) is 1. The van der Waals surface area contributed by atoms with E-state index in [-0.39, 0.29) is 11.5 Å². The van der Waals surface area contributed by atoms with Crippen molar-refractivity contribution in [1.29, 1.82) is 0 Å². The van der Waals surface area contributed by atoms with Gasteiger partial charge in [-0.1, -0.05) is 4.51 Å². The molecule has 2 amide bonds. The number of carbonyl (C=O) groups excluding carboxylic acids is 1. The van der Waals surface area contributed by atoms with Crippen molar-refractivity contribution in [2.45, 2.75) is 17.4 Å². The van der Waals surface area contributed by atoms with Crippen LogP contribution in [-0.4, -0.2) is 56.3 Å². The SMILES string of the molecule is C=IC(F)(F)c1ccc(F)c(NC(=O)Nc2cc(C)c(-c3cc(CN4CCOCC4)n4ncnc(N)c34)cc2F)c1. The summed E-state index contributed by atoms with van der Waals surface area (Å²) >= 11 is -1.76. The van der Waals surface area contributed by atoms with E-state index < -0.39 is 53.6 Å². The predicted molar refractivity (Wildman–Crippen MR) is 158 cm³/mol. The van der Waals surface area contributed by atoms with Crippen LogP contribution in [0.4, 0.5) is 39.5 Å². The largest absolute Gasteiger partial charge is 0.382 e. The summed E-state index contributed by atoms with van der Waals surface area (Å²) in [6.45, 7) is 5.07. The minimum atomic E-state index is -3.20. The summed E-state index contributed by atoms with van der Waals surface area (Å²) in [5.74, 6) is -1.46. The number of anilines is 3. The van der Waals surface area contributed by atoms with Crippen LogP contribution < -0.4 is 16.4 Å². The molecule has 1 saturated heterocycles. The van der Waals surface area contributed by atoms with Crippen LogP contribution in [0.15, 0.2) is 42.7 Å². The molecule has 0 atom stereocenters. The number of hydrogen-bond acceptors (Lipinski definition) is 6. The zero-order valence-electron chi connectivity index (χ0n) is 21.9. The van der Waals surface area contributed by atoms with Crippen molar-refractivity contribution in [2.75, 3.05) is 42.7 Å². The topological polar surface area (TPSA) is 110 Å². The van der Waals surface area contributed by atoms with E-state index in [1.165, 1.54) is 18.5 Å². The van der Waals surface area contributed by atoms with Gasteiger partial charge in [0.25, 0.3) is 0 Å². The highest BCUT2D eigenvalue weighted by Gasteiger charge is 2.29. The fourth-order valence-corrected chi connectivity index (χ4v) is 5.43. The normalized spacial score (nSPS) is 14.4. The van der Waals surface area contributed by atoms with Crippen LogP contribution in [0.25, 0.3) is 16.6 Å². The van der Waals surface area contributed by atoms with Crippen LogP contribution in [-0.2, 0) is 15.2 Å². The Morgan fingerprint density at radius 1 is 1.10 bits per heavy atom. The molecule has 0 spiro atoms. The van der Waals surface area contributed by atoms with E-state index in [4.69, 9.17) is 10.5 Å². The number of benzene rings is 2. The molecule has 0 unspecified atom stereocenters. The quantitative estimate of drug-likeness (QED) is 0.135. The smallest absolute Gasteiger partial charge is 0.323 e. The Kier molecular flexibility index (Phi) is 8.24. The third-order valence-corrected chi connectivity index (χ3v) is 8.29. The van der Waals surface area contributed by atoms with E-state index in [0.29, 0.717) is 42.0 Å². The van der Waals surface area contributed by atoms with Crippen LogP contribution in [0.3, 0.4) is 0 Å². The van der Waals surface area contributed by atoms with Crippen LogP contribution in [0.2, 0.25) is 0 Å². The molecule has 0 radical (unpaired) electrons. The Morgan fingerprint density at radius 2 is 1.80 bits per heavy atom. The number of alkyl halides is 3. The summed E-state index contributed by atoms with van der Waals surface area (Å²) in [4.78, 5) is 18.9. The molecule has 41 heavy (non-hydrogen) atoms. The number of aryl methyl sites for hydroxylation is 1. The number of urea groups is 1. The number of halogens is 5. The van der Waals surface area contributed by atoms with Crippen molar-refractivity contribution in [3.8, 4) is 11.1 Å². The van der Waals surface area contributed by atoms with Gasteiger partial charge in [0.1, 0.15) is 23.5 Å². The van der Waals surface area contributed by atoms with Crippen LogP contribution >= 0.6 is 20.7 Å². The van der Waals surface area contributed by atoms with E-state index >= 15 is 4.39 Å². The number of nitrogen functional groups attached to an aromatic ring is 1. The summed E-state index contributed by atoms with van der Waals surface area (Å²) in [5, 5.41) is 8.87. The van der Waals surface area contributed by atoms with Crippen molar-refractivity contribution < 1.29 is 27.1 Å². The van der Waals surface area contributed by atoms with Gasteiger partial charge < -0.3 is 21.1 Å². The van der Waals surface area contributed by atoms with Gasteiger partial charge in [0.2, 0.25) is 0 Å². The molecule has 4 N–H and O–H groups in total. The zero-order valence-corrected chi connectivity index (χ0v) is 24.0. The van der Waals surface area contributed by atoms with Crippen molar-refractivity contribution >= 4 is 54.0 Å². The molecule has 2 aromatic heterocycles. The molecule has 1 aliphatic rings. The van der Waals surface area contributed by atoms with Crippen LogP contribution in [0.1, 0.15) is 16.8 Å². The van der Waals surface area contributed by atoms with Gasteiger partial charge >= 0.3 is 9.96 Å². The fourth-order valence-electron chi connectivity index (χ4n) is 4.66. The van der Waals surface area contributed by atoms with Crippen molar-refractivity contribution in [2.24, 2.45) is 0 Å². The number of amides is 2. The number of rotatable bonds is 7. The Bertz CT molecular complexity index is 1640. The number of nitrogens with zero attached hydrogens (tertiary/aromatic N) is 4. The molecule has 3 heterocycles. The first-order valence-corrected chi connectivity index (χ1v) is 15.0. The molecule has 2 aromatic carbocycles. The van der Waals surface area contributed by atoms with Gasteiger partial charge in [-0.25, -0.2) is 23.1 Å². The Labute approximate surface area is 242 Å². The van der Waals surface area contributed by atoms with E-state index in [2.05, 4.69) is 30.1 Å². The highest BCUT2D eigenvalue weighted by Crippen LogP contribution is 2.40. The Hall–Kier alpha value is -3.63. The second-order valence-corrected chi connectivity index (χ2v) is 11.5.